The van der Waals surface area contributed by atoms with Crippen LogP contribution in [0.15, 0.2) is 12.1 Å². The van der Waals surface area contributed by atoms with Crippen molar-refractivity contribution in [3.8, 4) is 0 Å². The predicted octanol–water partition coefficient (Wildman–Crippen LogP) is 4.48. The highest BCUT2D eigenvalue weighted by molar-refractivity contribution is 6.34. The van der Waals surface area contributed by atoms with Crippen LogP contribution < -0.4 is 0 Å². The maximum atomic E-state index is 13.2. The van der Waals surface area contributed by atoms with Crippen LogP contribution in [-0.2, 0) is 0 Å². The van der Waals surface area contributed by atoms with Crippen molar-refractivity contribution >= 4 is 17.4 Å². The second-order valence-corrected chi connectivity index (χ2v) is 6.39. The maximum Gasteiger partial charge on any atom is 0.168 e. The van der Waals surface area contributed by atoms with Gasteiger partial charge in [0.05, 0.1) is 5.02 Å². The van der Waals surface area contributed by atoms with Gasteiger partial charge in [0.25, 0.3) is 0 Å². The van der Waals surface area contributed by atoms with Crippen LogP contribution in [0.4, 0.5) is 8.78 Å². The van der Waals surface area contributed by atoms with Crippen molar-refractivity contribution in [2.24, 2.45) is 16.7 Å². The van der Waals surface area contributed by atoms with Crippen LogP contribution in [0.3, 0.4) is 0 Å². The molecular formula is C14H15ClF2O. The van der Waals surface area contributed by atoms with Gasteiger partial charge in [0.15, 0.2) is 17.4 Å². The van der Waals surface area contributed by atoms with Crippen LogP contribution in [0.2, 0.25) is 5.02 Å². The summed E-state index contributed by atoms with van der Waals surface area (Å²) in [5.41, 5.74) is -0.240. The van der Waals surface area contributed by atoms with Gasteiger partial charge in [-0.3, -0.25) is 4.79 Å². The number of hydrogen-bond donors (Lipinski definition) is 0. The zero-order valence-electron chi connectivity index (χ0n) is 10.8. The van der Waals surface area contributed by atoms with E-state index in [2.05, 4.69) is 0 Å². The smallest absolute Gasteiger partial charge is 0.168 e. The largest absolute Gasteiger partial charge is 0.294 e. The molecule has 1 nitrogen and oxygen atoms in total. The number of hydrogen-bond acceptors (Lipinski definition) is 1. The standard InChI is InChI=1S/C14H15ClF2O/c1-13(2)12(14(13,3)4)11(18)7-5-9(16)10(17)6-8(7)15/h5-6,12H,1-4H3. The molecule has 0 atom stereocenters. The summed E-state index contributed by atoms with van der Waals surface area (Å²) in [5, 5.41) is -0.0302. The van der Waals surface area contributed by atoms with Crippen molar-refractivity contribution in [3.05, 3.63) is 34.4 Å². The molecule has 0 radical (unpaired) electrons. The van der Waals surface area contributed by atoms with E-state index >= 15 is 0 Å². The normalized spacial score (nSPS) is 20.8. The van der Waals surface area contributed by atoms with Crippen LogP contribution in [0.1, 0.15) is 38.1 Å². The Kier molecular flexibility index (Phi) is 2.82. The molecule has 0 N–H and O–H groups in total. The van der Waals surface area contributed by atoms with E-state index in [1.54, 1.807) is 0 Å². The Balaban J connectivity index is 2.41. The minimum Gasteiger partial charge on any atom is -0.294 e. The third kappa shape index (κ3) is 1.68. The first-order chi connectivity index (χ1) is 8.10. The highest BCUT2D eigenvalue weighted by atomic mass is 35.5. The van der Waals surface area contributed by atoms with Crippen molar-refractivity contribution in [1.82, 2.24) is 0 Å². The van der Waals surface area contributed by atoms with E-state index in [4.69, 9.17) is 11.6 Å². The lowest BCUT2D eigenvalue weighted by atomic mass is 10.0. The molecule has 1 aromatic carbocycles. The molecule has 0 aliphatic heterocycles. The van der Waals surface area contributed by atoms with Gasteiger partial charge in [-0.05, 0) is 23.0 Å². The fraction of sp³-hybridized carbons (Fsp3) is 0.500. The number of ketones is 1. The number of carbonyl (C=O) groups is 1. The minimum absolute atomic E-state index is 0.0302. The van der Waals surface area contributed by atoms with E-state index in [1.807, 2.05) is 27.7 Å². The lowest BCUT2D eigenvalue weighted by Crippen LogP contribution is -2.09. The first kappa shape index (κ1) is 13.5. The Morgan fingerprint density at radius 3 is 2.00 bits per heavy atom. The average molecular weight is 273 g/mol. The zero-order valence-corrected chi connectivity index (χ0v) is 11.5. The van der Waals surface area contributed by atoms with E-state index in [0.29, 0.717) is 0 Å². The SMILES string of the molecule is CC1(C)C(C(=O)c2cc(F)c(F)cc2Cl)C1(C)C. The molecule has 2 rings (SSSR count). The molecule has 0 amide bonds. The second kappa shape index (κ2) is 3.77. The summed E-state index contributed by atoms with van der Waals surface area (Å²) < 4.78 is 26.2. The molecule has 1 aliphatic carbocycles. The van der Waals surface area contributed by atoms with Crippen LogP contribution >= 0.6 is 11.6 Å². The molecule has 1 saturated carbocycles. The fourth-order valence-electron chi connectivity index (χ4n) is 2.72. The molecule has 18 heavy (non-hydrogen) atoms. The summed E-state index contributed by atoms with van der Waals surface area (Å²) >= 11 is 5.83. The first-order valence-corrected chi connectivity index (χ1v) is 6.17. The maximum absolute atomic E-state index is 13.2. The van der Waals surface area contributed by atoms with Gasteiger partial charge < -0.3 is 0 Å². The average Bonchev–Trinajstić information content (AvgIpc) is 2.62. The third-order valence-electron chi connectivity index (χ3n) is 4.56. The highest BCUT2D eigenvalue weighted by Crippen LogP contribution is 2.69. The van der Waals surface area contributed by atoms with Crippen molar-refractivity contribution < 1.29 is 13.6 Å². The van der Waals surface area contributed by atoms with E-state index < -0.39 is 11.6 Å². The Morgan fingerprint density at radius 2 is 1.56 bits per heavy atom. The number of benzene rings is 1. The molecule has 0 unspecified atom stereocenters. The molecule has 1 aliphatic rings. The minimum atomic E-state index is -1.04. The van der Waals surface area contributed by atoms with Crippen LogP contribution in [0.25, 0.3) is 0 Å². The number of halogens is 3. The topological polar surface area (TPSA) is 17.1 Å². The molecule has 4 heteroatoms. The summed E-state index contributed by atoms with van der Waals surface area (Å²) in [6.45, 7) is 7.96. The summed E-state index contributed by atoms with van der Waals surface area (Å²) in [4.78, 5) is 12.3. The quantitative estimate of drug-likeness (QED) is 0.573. The second-order valence-electron chi connectivity index (χ2n) is 5.99. The van der Waals surface area contributed by atoms with E-state index in [-0.39, 0.29) is 33.1 Å². The summed E-state index contributed by atoms with van der Waals surface area (Å²) in [6.07, 6.45) is 0. The van der Waals surface area contributed by atoms with Gasteiger partial charge in [0.2, 0.25) is 0 Å². The Bertz CT molecular complexity index is 521. The van der Waals surface area contributed by atoms with Gasteiger partial charge in [0, 0.05) is 11.5 Å². The zero-order chi connectivity index (χ0) is 13.9. The monoisotopic (exact) mass is 272 g/mol. The Labute approximate surface area is 110 Å². The van der Waals surface area contributed by atoms with Crippen molar-refractivity contribution in [1.29, 1.82) is 0 Å². The molecule has 0 heterocycles. The summed E-state index contributed by atoms with van der Waals surface area (Å²) in [5.74, 6) is -2.51. The molecule has 98 valence electrons. The highest BCUT2D eigenvalue weighted by Gasteiger charge is 2.68. The third-order valence-corrected chi connectivity index (χ3v) is 4.87. The van der Waals surface area contributed by atoms with Crippen molar-refractivity contribution in [2.75, 3.05) is 0 Å². The van der Waals surface area contributed by atoms with Crippen molar-refractivity contribution in [2.45, 2.75) is 27.7 Å². The van der Waals surface area contributed by atoms with Gasteiger partial charge >= 0.3 is 0 Å². The van der Waals surface area contributed by atoms with E-state index in [0.717, 1.165) is 12.1 Å². The van der Waals surface area contributed by atoms with Crippen LogP contribution in [-0.4, -0.2) is 5.78 Å². The number of carbonyl (C=O) groups excluding carboxylic acids is 1. The van der Waals surface area contributed by atoms with Crippen molar-refractivity contribution in [3.63, 3.8) is 0 Å². The van der Waals surface area contributed by atoms with Gasteiger partial charge in [-0.2, -0.15) is 0 Å². The molecule has 0 spiro atoms. The summed E-state index contributed by atoms with van der Waals surface area (Å²) in [6, 6.07) is 1.75. The number of Topliss-reactive ketones (excluding diaryl/α,β-unsaturated/α-hetero) is 1. The molecular weight excluding hydrogens is 258 g/mol. The van der Waals surface area contributed by atoms with Gasteiger partial charge in [-0.25, -0.2) is 8.78 Å². The number of rotatable bonds is 2. The summed E-state index contributed by atoms with van der Waals surface area (Å²) in [7, 11) is 0. The van der Waals surface area contributed by atoms with Gasteiger partial charge in [-0.1, -0.05) is 39.3 Å². The lowest BCUT2D eigenvalue weighted by Gasteiger charge is -2.06. The van der Waals surface area contributed by atoms with Crippen LogP contribution in [0, 0.1) is 28.4 Å². The van der Waals surface area contributed by atoms with Gasteiger partial charge in [-0.15, -0.1) is 0 Å². The fourth-order valence-corrected chi connectivity index (χ4v) is 2.96. The molecule has 0 aromatic heterocycles. The van der Waals surface area contributed by atoms with E-state index in [1.165, 1.54) is 0 Å². The predicted molar refractivity (Wildman–Crippen MR) is 66.8 cm³/mol. The van der Waals surface area contributed by atoms with E-state index in [9.17, 15) is 13.6 Å². The Morgan fingerprint density at radius 1 is 1.11 bits per heavy atom. The van der Waals surface area contributed by atoms with Gasteiger partial charge in [0.1, 0.15) is 0 Å². The molecule has 1 fully saturated rings. The molecule has 0 bridgehead atoms. The lowest BCUT2D eigenvalue weighted by molar-refractivity contribution is 0.0944. The molecule has 1 aromatic rings. The molecule has 0 saturated heterocycles. The Hall–Kier alpha value is -0.960. The first-order valence-electron chi connectivity index (χ1n) is 5.79. The van der Waals surface area contributed by atoms with Crippen LogP contribution in [0.5, 0.6) is 0 Å².